The zero-order valence-corrected chi connectivity index (χ0v) is 15.7. The van der Waals surface area contributed by atoms with E-state index in [-0.39, 0.29) is 26.4 Å². The summed E-state index contributed by atoms with van der Waals surface area (Å²) in [6.07, 6.45) is 2.33. The van der Waals surface area contributed by atoms with Crippen molar-refractivity contribution in [2.24, 2.45) is 0 Å². The summed E-state index contributed by atoms with van der Waals surface area (Å²) in [5.74, 6) is -1.44. The van der Waals surface area contributed by atoms with Crippen LogP contribution in [0.3, 0.4) is 0 Å². The van der Waals surface area contributed by atoms with Crippen molar-refractivity contribution in [2.45, 2.75) is 0 Å². The number of nitrogens with one attached hydrogen (secondary N) is 1. The van der Waals surface area contributed by atoms with E-state index in [1.54, 1.807) is 18.2 Å². The normalized spacial score (nSPS) is 10.6. The fourth-order valence-corrected chi connectivity index (χ4v) is 2.59. The van der Waals surface area contributed by atoms with Gasteiger partial charge in [-0.05, 0) is 29.8 Å². The van der Waals surface area contributed by atoms with Crippen molar-refractivity contribution in [2.75, 3.05) is 11.9 Å². The molecular formula is C17H11Cl3N2O5. The Hall–Kier alpha value is -2.61. The number of carbonyl (C=O) groups is 2. The minimum absolute atomic E-state index is 0.0189. The Kier molecular flexibility index (Phi) is 7.18. The Bertz CT molecular complexity index is 911. The third kappa shape index (κ3) is 5.96. The summed E-state index contributed by atoms with van der Waals surface area (Å²) < 4.78 is 4.80. The lowest BCUT2D eigenvalue weighted by Crippen LogP contribution is -2.20. The molecule has 0 aliphatic heterocycles. The number of nitro benzene ring substituents is 1. The lowest BCUT2D eigenvalue weighted by molar-refractivity contribution is -0.384. The number of esters is 1. The zero-order valence-electron chi connectivity index (χ0n) is 13.4. The average molecular weight is 430 g/mol. The van der Waals surface area contributed by atoms with Crippen LogP contribution >= 0.6 is 34.8 Å². The second-order valence-electron chi connectivity index (χ2n) is 5.05. The van der Waals surface area contributed by atoms with Gasteiger partial charge in [-0.2, -0.15) is 0 Å². The average Bonchev–Trinajstić information content (AvgIpc) is 2.62. The third-order valence-electron chi connectivity index (χ3n) is 3.15. The van der Waals surface area contributed by atoms with Crippen molar-refractivity contribution >= 4 is 64.1 Å². The van der Waals surface area contributed by atoms with Crippen LogP contribution in [0.4, 0.5) is 11.4 Å². The number of ether oxygens (including phenoxy) is 1. The highest BCUT2D eigenvalue weighted by molar-refractivity contribution is 6.39. The zero-order chi connectivity index (χ0) is 20.0. The molecule has 0 bridgehead atoms. The number of anilines is 1. The summed E-state index contributed by atoms with van der Waals surface area (Å²) in [5, 5.41) is 13.7. The Morgan fingerprint density at radius 1 is 1.11 bits per heavy atom. The number of halogens is 3. The maximum absolute atomic E-state index is 11.8. The largest absolute Gasteiger partial charge is 0.452 e. The molecule has 0 radical (unpaired) electrons. The van der Waals surface area contributed by atoms with E-state index in [2.05, 4.69) is 5.32 Å². The van der Waals surface area contributed by atoms with Crippen LogP contribution in [0.5, 0.6) is 0 Å². The summed E-state index contributed by atoms with van der Waals surface area (Å²) in [6.45, 7) is -0.564. The molecule has 2 aromatic rings. The first kappa shape index (κ1) is 20.7. The van der Waals surface area contributed by atoms with Gasteiger partial charge in [0.05, 0.1) is 20.7 Å². The molecule has 0 unspecified atom stereocenters. The highest BCUT2D eigenvalue weighted by Gasteiger charge is 2.13. The summed E-state index contributed by atoms with van der Waals surface area (Å²) in [7, 11) is 0. The highest BCUT2D eigenvalue weighted by atomic mass is 35.5. The molecule has 140 valence electrons. The van der Waals surface area contributed by atoms with Gasteiger partial charge in [-0.3, -0.25) is 14.9 Å². The number of carbonyl (C=O) groups excluding carboxylic acids is 2. The van der Waals surface area contributed by atoms with Crippen molar-refractivity contribution in [3.63, 3.8) is 0 Å². The first-order chi connectivity index (χ1) is 12.8. The fourth-order valence-electron chi connectivity index (χ4n) is 1.92. The summed E-state index contributed by atoms with van der Waals surface area (Å²) in [6, 6.07) is 8.74. The molecule has 2 aromatic carbocycles. The monoisotopic (exact) mass is 428 g/mol. The van der Waals surface area contributed by atoms with E-state index in [1.165, 1.54) is 24.3 Å². The van der Waals surface area contributed by atoms with Crippen LogP contribution in [-0.4, -0.2) is 23.4 Å². The van der Waals surface area contributed by atoms with Gasteiger partial charge in [-0.1, -0.05) is 46.9 Å². The van der Waals surface area contributed by atoms with Crippen LogP contribution in [0.1, 0.15) is 5.56 Å². The van der Waals surface area contributed by atoms with Crippen molar-refractivity contribution in [3.05, 3.63) is 73.2 Å². The molecule has 0 saturated carbocycles. The maximum atomic E-state index is 11.8. The van der Waals surface area contributed by atoms with Crippen LogP contribution in [0.2, 0.25) is 15.1 Å². The smallest absolute Gasteiger partial charge is 0.331 e. The highest BCUT2D eigenvalue weighted by Crippen LogP contribution is 2.29. The van der Waals surface area contributed by atoms with E-state index in [9.17, 15) is 19.7 Å². The van der Waals surface area contributed by atoms with Crippen molar-refractivity contribution in [3.8, 4) is 0 Å². The van der Waals surface area contributed by atoms with Crippen LogP contribution in [0.25, 0.3) is 6.08 Å². The Morgan fingerprint density at radius 2 is 1.78 bits per heavy atom. The number of amides is 1. The SMILES string of the molecule is O=C(COC(=O)/C=C/c1ccc(Cl)c([N+](=O)[O-])c1)Nc1c(Cl)cccc1Cl. The number of nitrogens with zero attached hydrogens (tertiary/aromatic N) is 1. The van der Waals surface area contributed by atoms with E-state index < -0.39 is 23.4 Å². The van der Waals surface area contributed by atoms with Crippen LogP contribution in [-0.2, 0) is 14.3 Å². The number of rotatable bonds is 6. The van der Waals surface area contributed by atoms with E-state index in [0.29, 0.717) is 5.56 Å². The van der Waals surface area contributed by atoms with Crippen molar-refractivity contribution < 1.29 is 19.2 Å². The summed E-state index contributed by atoms with van der Waals surface area (Å²) in [5.41, 5.74) is 0.296. The molecule has 0 heterocycles. The van der Waals surface area contributed by atoms with Gasteiger partial charge in [-0.25, -0.2) is 4.79 Å². The van der Waals surface area contributed by atoms with Crippen LogP contribution < -0.4 is 5.32 Å². The first-order valence-corrected chi connectivity index (χ1v) is 8.44. The van der Waals surface area contributed by atoms with Gasteiger partial charge in [0.25, 0.3) is 11.6 Å². The quantitative estimate of drug-likeness (QED) is 0.309. The minimum Gasteiger partial charge on any atom is -0.452 e. The van der Waals surface area contributed by atoms with Crippen LogP contribution in [0, 0.1) is 10.1 Å². The van der Waals surface area contributed by atoms with E-state index >= 15 is 0 Å². The lowest BCUT2D eigenvalue weighted by Gasteiger charge is -2.08. The second kappa shape index (κ2) is 9.36. The number of hydrogen-bond acceptors (Lipinski definition) is 5. The molecule has 7 nitrogen and oxygen atoms in total. The molecule has 10 heteroatoms. The molecule has 2 rings (SSSR count). The minimum atomic E-state index is -0.812. The topological polar surface area (TPSA) is 98.5 Å². The molecule has 0 aliphatic rings. The molecule has 1 N–H and O–H groups in total. The van der Waals surface area contributed by atoms with Gasteiger partial charge in [0, 0.05) is 12.1 Å². The molecule has 0 fully saturated rings. The predicted octanol–water partition coefficient (Wildman–Crippen LogP) is 4.75. The molecule has 0 saturated heterocycles. The van der Waals surface area contributed by atoms with E-state index in [4.69, 9.17) is 39.5 Å². The van der Waals surface area contributed by atoms with Gasteiger partial charge < -0.3 is 10.1 Å². The molecule has 0 spiro atoms. The maximum Gasteiger partial charge on any atom is 0.331 e. The lowest BCUT2D eigenvalue weighted by atomic mass is 10.2. The summed E-state index contributed by atoms with van der Waals surface area (Å²) >= 11 is 17.6. The Morgan fingerprint density at radius 3 is 2.41 bits per heavy atom. The fraction of sp³-hybridized carbons (Fsp3) is 0.0588. The molecule has 1 amide bonds. The molecule has 0 aliphatic carbocycles. The molecule has 0 aromatic heterocycles. The third-order valence-corrected chi connectivity index (χ3v) is 4.10. The van der Waals surface area contributed by atoms with Crippen LogP contribution in [0.15, 0.2) is 42.5 Å². The number of benzene rings is 2. The van der Waals surface area contributed by atoms with Gasteiger partial charge in [0.15, 0.2) is 6.61 Å². The van der Waals surface area contributed by atoms with Crippen molar-refractivity contribution in [1.29, 1.82) is 0 Å². The Balaban J connectivity index is 1.92. The van der Waals surface area contributed by atoms with Gasteiger partial charge in [0.1, 0.15) is 5.02 Å². The molecular weight excluding hydrogens is 419 g/mol. The second-order valence-corrected chi connectivity index (χ2v) is 6.28. The first-order valence-electron chi connectivity index (χ1n) is 7.30. The van der Waals surface area contributed by atoms with Gasteiger partial charge in [-0.15, -0.1) is 0 Å². The van der Waals surface area contributed by atoms with Gasteiger partial charge in [0.2, 0.25) is 0 Å². The number of para-hydroxylation sites is 1. The van der Waals surface area contributed by atoms with Crippen molar-refractivity contribution in [1.82, 2.24) is 0 Å². The van der Waals surface area contributed by atoms with E-state index in [0.717, 1.165) is 6.08 Å². The standard InChI is InChI=1S/C17H11Cl3N2O5/c18-11-6-4-10(8-14(11)22(25)26)5-7-16(24)27-9-15(23)21-17-12(19)2-1-3-13(17)20/h1-8H,9H2,(H,21,23)/b7-5+. The van der Waals surface area contributed by atoms with Gasteiger partial charge >= 0.3 is 5.97 Å². The molecule has 27 heavy (non-hydrogen) atoms. The number of hydrogen-bond donors (Lipinski definition) is 1. The van der Waals surface area contributed by atoms with E-state index in [1.807, 2.05) is 0 Å². The number of nitro groups is 1. The predicted molar refractivity (Wildman–Crippen MR) is 103 cm³/mol. The molecule has 0 atom stereocenters. The Labute approximate surface area is 168 Å². The summed E-state index contributed by atoms with van der Waals surface area (Å²) in [4.78, 5) is 33.7.